The van der Waals surface area contributed by atoms with Gasteiger partial charge in [-0.1, -0.05) is 42.5 Å². The van der Waals surface area contributed by atoms with Crippen LogP contribution in [0.25, 0.3) is 0 Å². The molecule has 1 heterocycles. The molecular formula is C19H19N3O3. The molecule has 1 aliphatic rings. The van der Waals surface area contributed by atoms with Gasteiger partial charge in [0.1, 0.15) is 5.54 Å². The molecule has 2 aromatic rings. The summed E-state index contributed by atoms with van der Waals surface area (Å²) in [5, 5.41) is 7.68. The lowest BCUT2D eigenvalue weighted by atomic mass is 9.92. The van der Waals surface area contributed by atoms with Crippen molar-refractivity contribution in [1.29, 1.82) is 0 Å². The Morgan fingerprint density at radius 1 is 1.08 bits per heavy atom. The Hall–Kier alpha value is -3.15. The average molecular weight is 337 g/mol. The van der Waals surface area contributed by atoms with Crippen molar-refractivity contribution in [3.05, 3.63) is 65.7 Å². The fourth-order valence-corrected chi connectivity index (χ4v) is 2.78. The molecule has 4 amide bonds. The van der Waals surface area contributed by atoms with Crippen molar-refractivity contribution in [2.24, 2.45) is 0 Å². The fraction of sp³-hybridized carbons (Fsp3) is 0.211. The Balaban J connectivity index is 1.67. The summed E-state index contributed by atoms with van der Waals surface area (Å²) in [6, 6.07) is 16.2. The van der Waals surface area contributed by atoms with Crippen LogP contribution in [0.4, 0.5) is 10.5 Å². The minimum atomic E-state index is -1.14. The lowest BCUT2D eigenvalue weighted by Gasteiger charge is -2.21. The second-order valence-corrected chi connectivity index (χ2v) is 6.15. The van der Waals surface area contributed by atoms with Gasteiger partial charge in [-0.05, 0) is 36.6 Å². The number of anilines is 1. The van der Waals surface area contributed by atoms with Crippen LogP contribution < -0.4 is 16.0 Å². The van der Waals surface area contributed by atoms with Gasteiger partial charge in [-0.3, -0.25) is 14.9 Å². The molecule has 6 heteroatoms. The summed E-state index contributed by atoms with van der Waals surface area (Å²) >= 11 is 0. The van der Waals surface area contributed by atoms with E-state index < -0.39 is 17.5 Å². The Morgan fingerprint density at radius 2 is 1.84 bits per heavy atom. The van der Waals surface area contributed by atoms with E-state index in [1.807, 2.05) is 30.3 Å². The normalized spacial score (nSPS) is 19.2. The molecular weight excluding hydrogens is 318 g/mol. The quantitative estimate of drug-likeness (QED) is 0.732. The van der Waals surface area contributed by atoms with E-state index in [1.165, 1.54) is 0 Å². The number of hydrogen-bond acceptors (Lipinski definition) is 3. The van der Waals surface area contributed by atoms with Crippen LogP contribution in [0.1, 0.15) is 24.5 Å². The van der Waals surface area contributed by atoms with Gasteiger partial charge in [0.25, 0.3) is 5.91 Å². The van der Waals surface area contributed by atoms with Gasteiger partial charge in [0, 0.05) is 12.1 Å². The second kappa shape index (κ2) is 6.76. The molecule has 0 aromatic heterocycles. The van der Waals surface area contributed by atoms with Crippen LogP contribution in [0, 0.1) is 0 Å². The number of rotatable bonds is 5. The Labute approximate surface area is 145 Å². The highest BCUT2D eigenvalue weighted by Crippen LogP contribution is 2.26. The molecule has 2 aromatic carbocycles. The van der Waals surface area contributed by atoms with E-state index in [9.17, 15) is 14.4 Å². The smallest absolute Gasteiger partial charge is 0.322 e. The van der Waals surface area contributed by atoms with Gasteiger partial charge < -0.3 is 10.6 Å². The van der Waals surface area contributed by atoms with E-state index in [0.717, 1.165) is 5.56 Å². The summed E-state index contributed by atoms with van der Waals surface area (Å²) in [4.78, 5) is 35.6. The van der Waals surface area contributed by atoms with Crippen molar-refractivity contribution in [2.45, 2.75) is 25.3 Å². The van der Waals surface area contributed by atoms with Crippen molar-refractivity contribution in [3.63, 3.8) is 0 Å². The van der Waals surface area contributed by atoms with Crippen molar-refractivity contribution in [1.82, 2.24) is 10.6 Å². The van der Waals surface area contributed by atoms with Crippen LogP contribution in [0.15, 0.2) is 54.6 Å². The molecule has 0 spiro atoms. The molecule has 0 aliphatic carbocycles. The number of carbonyl (C=O) groups is 3. The van der Waals surface area contributed by atoms with Crippen LogP contribution in [0.3, 0.4) is 0 Å². The summed E-state index contributed by atoms with van der Waals surface area (Å²) < 4.78 is 0. The maximum Gasteiger partial charge on any atom is 0.322 e. The van der Waals surface area contributed by atoms with E-state index in [2.05, 4.69) is 16.0 Å². The van der Waals surface area contributed by atoms with Gasteiger partial charge in [0.15, 0.2) is 0 Å². The zero-order valence-electron chi connectivity index (χ0n) is 13.8. The molecule has 1 atom stereocenters. The summed E-state index contributed by atoms with van der Waals surface area (Å²) in [5.74, 6) is -0.517. The van der Waals surface area contributed by atoms with Crippen LogP contribution >= 0.6 is 0 Å². The molecule has 0 unspecified atom stereocenters. The summed E-state index contributed by atoms with van der Waals surface area (Å²) in [6.45, 7) is 1.63. The highest BCUT2D eigenvalue weighted by molar-refractivity contribution is 6.07. The first-order valence-corrected chi connectivity index (χ1v) is 8.05. The third-order valence-corrected chi connectivity index (χ3v) is 4.25. The van der Waals surface area contributed by atoms with E-state index >= 15 is 0 Å². The second-order valence-electron chi connectivity index (χ2n) is 6.15. The standard InChI is InChI=1S/C19H19N3O3/c1-19(17(24)21-18(25)22-19)14-8-5-9-15(12-14)20-16(23)11-10-13-6-3-2-4-7-13/h2-9,12H,10-11H2,1H3,(H,20,23)(H2,21,22,24,25)/t19-/m1/s1. The molecule has 0 radical (unpaired) electrons. The van der Waals surface area contributed by atoms with Gasteiger partial charge >= 0.3 is 6.03 Å². The van der Waals surface area contributed by atoms with Gasteiger partial charge in [0.2, 0.25) is 5.91 Å². The van der Waals surface area contributed by atoms with E-state index in [-0.39, 0.29) is 5.91 Å². The highest BCUT2D eigenvalue weighted by atomic mass is 16.2. The monoisotopic (exact) mass is 337 g/mol. The minimum absolute atomic E-state index is 0.105. The molecule has 128 valence electrons. The third kappa shape index (κ3) is 3.68. The number of aryl methyl sites for hydroxylation is 1. The zero-order chi connectivity index (χ0) is 17.9. The topological polar surface area (TPSA) is 87.3 Å². The number of benzene rings is 2. The molecule has 3 rings (SSSR count). The Bertz CT molecular complexity index is 820. The zero-order valence-corrected chi connectivity index (χ0v) is 13.8. The molecule has 25 heavy (non-hydrogen) atoms. The molecule has 1 saturated heterocycles. The van der Waals surface area contributed by atoms with Gasteiger partial charge in [0.05, 0.1) is 0 Å². The number of nitrogens with one attached hydrogen (secondary N) is 3. The van der Waals surface area contributed by atoms with Crippen molar-refractivity contribution in [3.8, 4) is 0 Å². The highest BCUT2D eigenvalue weighted by Gasteiger charge is 2.43. The van der Waals surface area contributed by atoms with Crippen LogP contribution in [-0.4, -0.2) is 17.8 Å². The first kappa shape index (κ1) is 16.7. The molecule has 1 aliphatic heterocycles. The summed E-state index contributed by atoms with van der Waals surface area (Å²) in [7, 11) is 0. The minimum Gasteiger partial charge on any atom is -0.326 e. The fourth-order valence-electron chi connectivity index (χ4n) is 2.78. The van der Waals surface area contributed by atoms with Crippen molar-refractivity contribution in [2.75, 3.05) is 5.32 Å². The lowest BCUT2D eigenvalue weighted by Crippen LogP contribution is -2.40. The average Bonchev–Trinajstić information content (AvgIpc) is 2.87. The maximum atomic E-state index is 12.2. The predicted molar refractivity (Wildman–Crippen MR) is 93.9 cm³/mol. The largest absolute Gasteiger partial charge is 0.326 e. The number of urea groups is 1. The molecule has 6 nitrogen and oxygen atoms in total. The first-order valence-electron chi connectivity index (χ1n) is 8.05. The number of imide groups is 1. The molecule has 3 N–H and O–H groups in total. The predicted octanol–water partition coefficient (Wildman–Crippen LogP) is 2.31. The van der Waals surface area contributed by atoms with Crippen LogP contribution in [-0.2, 0) is 21.5 Å². The van der Waals surface area contributed by atoms with E-state index in [1.54, 1.807) is 31.2 Å². The SMILES string of the molecule is C[C@]1(c2cccc(NC(=O)CCc3ccccc3)c2)NC(=O)NC1=O. The number of carbonyl (C=O) groups excluding carboxylic acids is 3. The van der Waals surface area contributed by atoms with Crippen molar-refractivity contribution >= 4 is 23.5 Å². The van der Waals surface area contributed by atoms with Gasteiger partial charge in [-0.15, -0.1) is 0 Å². The third-order valence-electron chi connectivity index (χ3n) is 4.25. The van der Waals surface area contributed by atoms with Crippen LogP contribution in [0.5, 0.6) is 0 Å². The molecule has 0 saturated carbocycles. The number of hydrogen-bond donors (Lipinski definition) is 3. The molecule has 0 bridgehead atoms. The summed E-state index contributed by atoms with van der Waals surface area (Å²) in [6.07, 6.45) is 1.02. The van der Waals surface area contributed by atoms with Gasteiger partial charge in [-0.2, -0.15) is 0 Å². The Kier molecular flexibility index (Phi) is 4.52. The lowest BCUT2D eigenvalue weighted by molar-refractivity contribution is -0.123. The van der Waals surface area contributed by atoms with E-state index in [4.69, 9.17) is 0 Å². The van der Waals surface area contributed by atoms with Crippen LogP contribution in [0.2, 0.25) is 0 Å². The Morgan fingerprint density at radius 3 is 2.52 bits per heavy atom. The summed E-state index contributed by atoms with van der Waals surface area (Å²) in [5.41, 5.74) is 1.16. The maximum absolute atomic E-state index is 12.2. The van der Waals surface area contributed by atoms with Crippen molar-refractivity contribution < 1.29 is 14.4 Å². The molecule has 1 fully saturated rings. The first-order chi connectivity index (χ1) is 12.0. The van der Waals surface area contributed by atoms with Gasteiger partial charge in [-0.25, -0.2) is 4.79 Å². The number of amides is 4. The van der Waals surface area contributed by atoms with E-state index in [0.29, 0.717) is 24.1 Å².